The van der Waals surface area contributed by atoms with E-state index in [4.69, 9.17) is 11.6 Å². The molecule has 0 saturated heterocycles. The summed E-state index contributed by atoms with van der Waals surface area (Å²) in [5.74, 6) is -0.713. The van der Waals surface area contributed by atoms with Gasteiger partial charge in [0.1, 0.15) is 5.82 Å². The minimum absolute atomic E-state index is 0.0533. The molecule has 0 spiro atoms. The van der Waals surface area contributed by atoms with Gasteiger partial charge in [-0.05, 0) is 50.2 Å². The lowest BCUT2D eigenvalue weighted by atomic mass is 10.1. The van der Waals surface area contributed by atoms with E-state index in [2.05, 4.69) is 10.6 Å². The fourth-order valence-electron chi connectivity index (χ4n) is 2.44. The third-order valence-corrected chi connectivity index (χ3v) is 4.54. The van der Waals surface area contributed by atoms with Crippen molar-refractivity contribution in [2.24, 2.45) is 0 Å². The lowest BCUT2D eigenvalue weighted by Gasteiger charge is -2.23. The Morgan fingerprint density at radius 3 is 2.48 bits per heavy atom. The summed E-state index contributed by atoms with van der Waals surface area (Å²) >= 11 is 6.02. The molecule has 0 heterocycles. The van der Waals surface area contributed by atoms with Crippen LogP contribution in [0.2, 0.25) is 5.02 Å². The van der Waals surface area contributed by atoms with Gasteiger partial charge in [-0.3, -0.25) is 14.5 Å². The van der Waals surface area contributed by atoms with Crippen LogP contribution in [0, 0.1) is 5.82 Å². The van der Waals surface area contributed by atoms with Crippen molar-refractivity contribution in [1.82, 2.24) is 10.2 Å². The fraction of sp³-hybridized carbons (Fsp3) is 0.300. The van der Waals surface area contributed by atoms with E-state index in [9.17, 15) is 14.0 Å². The number of carbonyl (C=O) groups excluding carboxylic acids is 2. The van der Waals surface area contributed by atoms with Crippen molar-refractivity contribution in [1.29, 1.82) is 0 Å². The predicted octanol–water partition coefficient (Wildman–Crippen LogP) is 3.10. The van der Waals surface area contributed by atoms with Gasteiger partial charge in [0.2, 0.25) is 11.8 Å². The van der Waals surface area contributed by atoms with E-state index >= 15 is 0 Å². The number of nitrogens with zero attached hydrogens (tertiary/aromatic N) is 1. The van der Waals surface area contributed by atoms with Crippen LogP contribution in [0.25, 0.3) is 0 Å². The molecule has 0 unspecified atom stereocenters. The Balaban J connectivity index is 1.76. The number of halogens is 2. The van der Waals surface area contributed by atoms with Crippen LogP contribution in [-0.2, 0) is 16.0 Å². The van der Waals surface area contributed by atoms with Gasteiger partial charge >= 0.3 is 0 Å². The maximum Gasteiger partial charge on any atom is 0.238 e. The molecule has 2 amide bonds. The van der Waals surface area contributed by atoms with Crippen LogP contribution in [0.5, 0.6) is 0 Å². The molecule has 0 aromatic heterocycles. The van der Waals surface area contributed by atoms with E-state index in [0.29, 0.717) is 23.7 Å². The van der Waals surface area contributed by atoms with Gasteiger partial charge in [-0.25, -0.2) is 4.39 Å². The lowest BCUT2D eigenvalue weighted by Crippen LogP contribution is -2.46. The highest BCUT2D eigenvalue weighted by Gasteiger charge is 2.20. The zero-order valence-electron chi connectivity index (χ0n) is 15.3. The Kier molecular flexibility index (Phi) is 7.76. The number of benzene rings is 2. The normalized spacial score (nSPS) is 11.9. The minimum atomic E-state index is -0.477. The van der Waals surface area contributed by atoms with Crippen LogP contribution in [0.15, 0.2) is 48.5 Å². The molecule has 0 saturated carbocycles. The zero-order valence-corrected chi connectivity index (χ0v) is 16.1. The van der Waals surface area contributed by atoms with Crippen LogP contribution < -0.4 is 10.6 Å². The van der Waals surface area contributed by atoms with Gasteiger partial charge in [0.05, 0.1) is 23.3 Å². The second kappa shape index (κ2) is 10.0. The van der Waals surface area contributed by atoms with E-state index in [1.54, 1.807) is 55.3 Å². The molecule has 2 aromatic carbocycles. The van der Waals surface area contributed by atoms with Crippen molar-refractivity contribution in [2.75, 3.05) is 25.5 Å². The predicted molar refractivity (Wildman–Crippen MR) is 105 cm³/mol. The van der Waals surface area contributed by atoms with Crippen molar-refractivity contribution in [3.05, 3.63) is 64.9 Å². The van der Waals surface area contributed by atoms with E-state index in [-0.39, 0.29) is 24.2 Å². The number of hydrogen-bond acceptors (Lipinski definition) is 3. The minimum Gasteiger partial charge on any atom is -0.354 e. The van der Waals surface area contributed by atoms with Crippen molar-refractivity contribution >= 4 is 29.1 Å². The summed E-state index contributed by atoms with van der Waals surface area (Å²) in [4.78, 5) is 26.1. The first-order chi connectivity index (χ1) is 12.9. The number of anilines is 1. The smallest absolute Gasteiger partial charge is 0.238 e. The largest absolute Gasteiger partial charge is 0.354 e. The van der Waals surface area contributed by atoms with Gasteiger partial charge in [0, 0.05) is 6.54 Å². The average Bonchev–Trinajstić information content (AvgIpc) is 2.64. The number of nitrogens with one attached hydrogen (secondary N) is 2. The highest BCUT2D eigenvalue weighted by Crippen LogP contribution is 2.20. The monoisotopic (exact) mass is 391 g/mol. The second-order valence-electron chi connectivity index (χ2n) is 6.29. The molecule has 0 aliphatic rings. The van der Waals surface area contributed by atoms with Crippen molar-refractivity contribution in [3.63, 3.8) is 0 Å². The summed E-state index contributed by atoms with van der Waals surface area (Å²) < 4.78 is 12.9. The fourth-order valence-corrected chi connectivity index (χ4v) is 2.63. The van der Waals surface area contributed by atoms with Crippen molar-refractivity contribution in [2.45, 2.75) is 19.4 Å². The Bertz CT molecular complexity index is 783. The summed E-state index contributed by atoms with van der Waals surface area (Å²) in [6.07, 6.45) is 0.607. The zero-order chi connectivity index (χ0) is 19.8. The summed E-state index contributed by atoms with van der Waals surface area (Å²) in [5, 5.41) is 6.02. The standard InChI is InChI=1S/C20H23ClFN3O2/c1-14(20(27)23-12-11-15-7-9-16(22)10-8-15)25(2)13-19(26)24-18-6-4-3-5-17(18)21/h3-10,14H,11-13H2,1-2H3,(H,23,27)(H,24,26)/t14-/m1/s1. The molecule has 27 heavy (non-hydrogen) atoms. The molecule has 2 aromatic rings. The Morgan fingerprint density at radius 1 is 1.15 bits per heavy atom. The molecule has 144 valence electrons. The molecular weight excluding hydrogens is 369 g/mol. The Hall–Kier alpha value is -2.44. The molecule has 0 bridgehead atoms. The number of amides is 2. The first kappa shape index (κ1) is 20.9. The number of carbonyl (C=O) groups is 2. The van der Waals surface area contributed by atoms with E-state index in [0.717, 1.165) is 5.56 Å². The van der Waals surface area contributed by atoms with Gasteiger partial charge in [0.25, 0.3) is 0 Å². The topological polar surface area (TPSA) is 61.4 Å². The molecule has 0 aliphatic carbocycles. The summed E-state index contributed by atoms with van der Waals surface area (Å²) in [6.45, 7) is 2.22. The highest BCUT2D eigenvalue weighted by atomic mass is 35.5. The van der Waals surface area contributed by atoms with Gasteiger partial charge in [-0.15, -0.1) is 0 Å². The highest BCUT2D eigenvalue weighted by molar-refractivity contribution is 6.33. The quantitative estimate of drug-likeness (QED) is 0.727. The number of para-hydroxylation sites is 1. The van der Waals surface area contributed by atoms with Crippen molar-refractivity contribution in [3.8, 4) is 0 Å². The summed E-state index contributed by atoms with van der Waals surface area (Å²) in [6, 6.07) is 12.7. The first-order valence-electron chi connectivity index (χ1n) is 8.63. The third kappa shape index (κ3) is 6.66. The average molecular weight is 392 g/mol. The van der Waals surface area contributed by atoms with Gasteiger partial charge in [-0.1, -0.05) is 35.9 Å². The maximum absolute atomic E-state index is 12.9. The van der Waals surface area contributed by atoms with E-state index in [1.165, 1.54) is 12.1 Å². The van der Waals surface area contributed by atoms with Gasteiger partial charge < -0.3 is 10.6 Å². The SMILES string of the molecule is C[C@H](C(=O)NCCc1ccc(F)cc1)N(C)CC(=O)Nc1ccccc1Cl. The summed E-state index contributed by atoms with van der Waals surface area (Å²) in [7, 11) is 1.70. The van der Waals surface area contributed by atoms with E-state index < -0.39 is 6.04 Å². The maximum atomic E-state index is 12.9. The van der Waals surface area contributed by atoms with Gasteiger partial charge in [0.15, 0.2) is 0 Å². The van der Waals surface area contributed by atoms with Crippen LogP contribution in [0.4, 0.5) is 10.1 Å². The second-order valence-corrected chi connectivity index (χ2v) is 6.69. The number of likely N-dealkylation sites (N-methyl/N-ethyl adjacent to an activating group) is 1. The van der Waals surface area contributed by atoms with Crippen LogP contribution in [0.3, 0.4) is 0 Å². The molecule has 1 atom stereocenters. The van der Waals surface area contributed by atoms with Gasteiger partial charge in [-0.2, -0.15) is 0 Å². The van der Waals surface area contributed by atoms with Crippen LogP contribution >= 0.6 is 11.6 Å². The first-order valence-corrected chi connectivity index (χ1v) is 9.01. The molecular formula is C20H23ClFN3O2. The van der Waals surface area contributed by atoms with Crippen molar-refractivity contribution < 1.29 is 14.0 Å². The van der Waals surface area contributed by atoms with Crippen LogP contribution in [-0.4, -0.2) is 42.9 Å². The van der Waals surface area contributed by atoms with Crippen LogP contribution in [0.1, 0.15) is 12.5 Å². The molecule has 5 nitrogen and oxygen atoms in total. The molecule has 0 aliphatic heterocycles. The Labute approximate surface area is 163 Å². The molecule has 0 radical (unpaired) electrons. The summed E-state index contributed by atoms with van der Waals surface area (Å²) in [5.41, 5.74) is 1.48. The molecule has 7 heteroatoms. The number of hydrogen-bond donors (Lipinski definition) is 2. The number of rotatable bonds is 8. The Morgan fingerprint density at radius 2 is 1.81 bits per heavy atom. The van der Waals surface area contributed by atoms with E-state index in [1.807, 2.05) is 0 Å². The third-order valence-electron chi connectivity index (χ3n) is 4.21. The molecule has 2 N–H and O–H groups in total. The lowest BCUT2D eigenvalue weighted by molar-refractivity contribution is -0.126. The molecule has 2 rings (SSSR count). The molecule has 0 fully saturated rings.